The van der Waals surface area contributed by atoms with E-state index in [-0.39, 0.29) is 0 Å². The number of hydrogen-bond acceptors (Lipinski definition) is 3. The molecule has 0 aliphatic heterocycles. The Morgan fingerprint density at radius 2 is 2.58 bits per heavy atom. The largest absolute Gasteiger partial charge is 0.304 e. The van der Waals surface area contributed by atoms with Crippen molar-refractivity contribution in [2.24, 2.45) is 7.05 Å². The van der Waals surface area contributed by atoms with Crippen LogP contribution in [0.3, 0.4) is 0 Å². The molecule has 1 aromatic heterocycles. The van der Waals surface area contributed by atoms with E-state index in [1.807, 2.05) is 20.0 Å². The van der Waals surface area contributed by atoms with Gasteiger partial charge in [0.1, 0.15) is 12.2 Å². The third kappa shape index (κ3) is 2.17. The highest BCUT2D eigenvalue weighted by molar-refractivity contribution is 4.87. The maximum Gasteiger partial charge on any atom is 0.140 e. The molecule has 1 atom stereocenters. The van der Waals surface area contributed by atoms with E-state index in [1.54, 1.807) is 11.0 Å². The van der Waals surface area contributed by atoms with Gasteiger partial charge in [0.25, 0.3) is 0 Å². The summed E-state index contributed by atoms with van der Waals surface area (Å²) >= 11 is 0. The van der Waals surface area contributed by atoms with Crippen molar-refractivity contribution < 1.29 is 0 Å². The van der Waals surface area contributed by atoms with Gasteiger partial charge >= 0.3 is 0 Å². The maximum absolute atomic E-state index is 4.08. The highest BCUT2D eigenvalue weighted by atomic mass is 15.3. The summed E-state index contributed by atoms with van der Waals surface area (Å²) in [5.41, 5.74) is 0. The molecule has 12 heavy (non-hydrogen) atoms. The van der Waals surface area contributed by atoms with Crippen LogP contribution in [-0.4, -0.2) is 20.8 Å². The molecule has 1 N–H and O–H groups in total. The van der Waals surface area contributed by atoms with Crippen LogP contribution in [0.4, 0.5) is 0 Å². The Labute approximate surface area is 72.3 Å². The molecule has 1 unspecified atom stereocenters. The van der Waals surface area contributed by atoms with E-state index in [0.717, 1.165) is 12.4 Å². The van der Waals surface area contributed by atoms with Crippen molar-refractivity contribution in [1.29, 1.82) is 0 Å². The first-order valence-electron chi connectivity index (χ1n) is 3.93. The summed E-state index contributed by atoms with van der Waals surface area (Å²) in [4.78, 5) is 4.08. The first-order valence-corrected chi connectivity index (χ1v) is 3.93. The Morgan fingerprint density at radius 1 is 1.83 bits per heavy atom. The highest BCUT2D eigenvalue weighted by Gasteiger charge is 2.00. The third-order valence-electron chi connectivity index (χ3n) is 1.74. The van der Waals surface area contributed by atoms with Crippen LogP contribution in [0.25, 0.3) is 0 Å². The molecular formula is C8H14N4. The fraction of sp³-hybridized carbons (Fsp3) is 0.500. The predicted octanol–water partition coefficient (Wildman–Crippen LogP) is 0.479. The number of hydrogen-bond donors (Lipinski definition) is 1. The number of aryl methyl sites for hydroxylation is 1. The van der Waals surface area contributed by atoms with Crippen LogP contribution in [-0.2, 0) is 13.6 Å². The Kier molecular flexibility index (Phi) is 2.99. The quantitative estimate of drug-likeness (QED) is 0.661. The molecule has 0 bridgehead atoms. The molecule has 0 aliphatic carbocycles. The molecule has 1 heterocycles. The van der Waals surface area contributed by atoms with Gasteiger partial charge in [-0.05, 0) is 6.92 Å². The highest BCUT2D eigenvalue weighted by Crippen LogP contribution is 1.91. The first kappa shape index (κ1) is 8.93. The summed E-state index contributed by atoms with van der Waals surface area (Å²) in [7, 11) is 1.88. The first-order chi connectivity index (χ1) is 5.74. The lowest BCUT2D eigenvalue weighted by Crippen LogP contribution is -2.24. The molecular weight excluding hydrogens is 152 g/mol. The van der Waals surface area contributed by atoms with Gasteiger partial charge < -0.3 is 5.32 Å². The van der Waals surface area contributed by atoms with Gasteiger partial charge in [0.15, 0.2) is 0 Å². The van der Waals surface area contributed by atoms with Gasteiger partial charge in [0.05, 0.1) is 6.54 Å². The van der Waals surface area contributed by atoms with E-state index in [9.17, 15) is 0 Å². The van der Waals surface area contributed by atoms with Crippen molar-refractivity contribution in [3.8, 4) is 0 Å². The zero-order valence-electron chi connectivity index (χ0n) is 7.49. The molecule has 4 heteroatoms. The minimum absolute atomic E-state index is 0.307. The minimum atomic E-state index is 0.307. The number of rotatable bonds is 4. The molecule has 66 valence electrons. The molecule has 0 saturated carbocycles. The van der Waals surface area contributed by atoms with Crippen LogP contribution in [0.5, 0.6) is 0 Å². The van der Waals surface area contributed by atoms with E-state index >= 15 is 0 Å². The van der Waals surface area contributed by atoms with E-state index in [1.165, 1.54) is 0 Å². The molecule has 0 aliphatic rings. The van der Waals surface area contributed by atoms with E-state index in [4.69, 9.17) is 0 Å². The second kappa shape index (κ2) is 4.01. The molecule has 0 fully saturated rings. The molecule has 0 amide bonds. The Balaban J connectivity index is 2.43. The lowest BCUT2D eigenvalue weighted by atomic mass is 10.3. The van der Waals surface area contributed by atoms with Gasteiger partial charge in [-0.3, -0.25) is 4.68 Å². The van der Waals surface area contributed by atoms with Gasteiger partial charge in [-0.1, -0.05) is 6.08 Å². The van der Waals surface area contributed by atoms with Crippen LogP contribution in [0.15, 0.2) is 19.0 Å². The smallest absolute Gasteiger partial charge is 0.140 e. The normalized spacial score (nSPS) is 12.8. The van der Waals surface area contributed by atoms with Crippen LogP contribution in [0, 0.1) is 0 Å². The van der Waals surface area contributed by atoms with E-state index in [0.29, 0.717) is 6.04 Å². The van der Waals surface area contributed by atoms with Gasteiger partial charge in [-0.15, -0.1) is 6.58 Å². The maximum atomic E-state index is 4.08. The molecule has 1 aromatic rings. The van der Waals surface area contributed by atoms with Gasteiger partial charge in [-0.2, -0.15) is 5.10 Å². The Bertz CT molecular complexity index is 253. The van der Waals surface area contributed by atoms with Crippen molar-refractivity contribution in [3.05, 3.63) is 24.8 Å². The summed E-state index contributed by atoms with van der Waals surface area (Å²) in [6.45, 7) is 6.45. The summed E-state index contributed by atoms with van der Waals surface area (Å²) < 4.78 is 1.75. The summed E-state index contributed by atoms with van der Waals surface area (Å²) in [6, 6.07) is 0.307. The van der Waals surface area contributed by atoms with Crippen LogP contribution in [0.2, 0.25) is 0 Å². The number of nitrogens with one attached hydrogen (secondary N) is 1. The van der Waals surface area contributed by atoms with Crippen LogP contribution in [0.1, 0.15) is 12.7 Å². The second-order valence-corrected chi connectivity index (χ2v) is 2.71. The summed E-state index contributed by atoms with van der Waals surface area (Å²) in [5, 5.41) is 7.19. The molecule has 0 aromatic carbocycles. The van der Waals surface area contributed by atoms with Gasteiger partial charge in [0.2, 0.25) is 0 Å². The fourth-order valence-corrected chi connectivity index (χ4v) is 0.816. The Morgan fingerprint density at radius 3 is 3.08 bits per heavy atom. The fourth-order valence-electron chi connectivity index (χ4n) is 0.816. The lowest BCUT2D eigenvalue weighted by Gasteiger charge is -2.07. The standard InChI is InChI=1S/C8H14N4/c1-4-7(2)9-5-8-10-6-11-12(8)3/h4,6-7,9H,1,5H2,2-3H3. The lowest BCUT2D eigenvalue weighted by molar-refractivity contribution is 0.582. The van der Waals surface area contributed by atoms with Crippen LogP contribution >= 0.6 is 0 Å². The van der Waals surface area contributed by atoms with Crippen molar-refractivity contribution in [3.63, 3.8) is 0 Å². The SMILES string of the molecule is C=CC(C)NCc1ncnn1C. The summed E-state index contributed by atoms with van der Waals surface area (Å²) in [6.07, 6.45) is 3.41. The molecule has 0 saturated heterocycles. The van der Waals surface area contributed by atoms with E-state index < -0.39 is 0 Å². The van der Waals surface area contributed by atoms with Crippen molar-refractivity contribution in [2.75, 3.05) is 0 Å². The topological polar surface area (TPSA) is 42.7 Å². The molecule has 0 radical (unpaired) electrons. The van der Waals surface area contributed by atoms with Crippen LogP contribution < -0.4 is 5.32 Å². The Hall–Kier alpha value is -1.16. The number of aromatic nitrogens is 3. The minimum Gasteiger partial charge on any atom is -0.304 e. The zero-order valence-corrected chi connectivity index (χ0v) is 7.49. The predicted molar refractivity (Wildman–Crippen MR) is 47.5 cm³/mol. The average molecular weight is 166 g/mol. The summed E-state index contributed by atoms with van der Waals surface area (Å²) in [5.74, 6) is 0.934. The number of nitrogens with zero attached hydrogens (tertiary/aromatic N) is 3. The average Bonchev–Trinajstić information content (AvgIpc) is 2.47. The second-order valence-electron chi connectivity index (χ2n) is 2.71. The van der Waals surface area contributed by atoms with Gasteiger partial charge in [0, 0.05) is 13.1 Å². The van der Waals surface area contributed by atoms with Crippen molar-refractivity contribution in [2.45, 2.75) is 19.5 Å². The zero-order chi connectivity index (χ0) is 8.97. The third-order valence-corrected chi connectivity index (χ3v) is 1.74. The monoisotopic (exact) mass is 166 g/mol. The molecule has 1 rings (SSSR count). The molecule has 0 spiro atoms. The van der Waals surface area contributed by atoms with Crippen molar-refractivity contribution in [1.82, 2.24) is 20.1 Å². The van der Waals surface area contributed by atoms with Crippen molar-refractivity contribution >= 4 is 0 Å². The van der Waals surface area contributed by atoms with E-state index in [2.05, 4.69) is 22.0 Å². The van der Waals surface area contributed by atoms with Gasteiger partial charge in [-0.25, -0.2) is 4.98 Å². The molecule has 4 nitrogen and oxygen atoms in total.